The smallest absolute Gasteiger partial charge is 0.278 e. The second-order valence-electron chi connectivity index (χ2n) is 13.7. The lowest BCUT2D eigenvalue weighted by Gasteiger charge is -2.37. The molecule has 3 aromatic rings. The van der Waals surface area contributed by atoms with E-state index in [0.29, 0.717) is 73.7 Å². The standard InChI is InChI=1S/C34H44F3N5O3S/c1-22-7-4-3-5-14-42-32-28(19-27(33(42)43)24-12-17-46(44,45)18-13-24)31(38-21-39-32)40-23(2)26-8-6-9-29(30(26)35)34(36,37)25-10-15-41(20-22)16-11-25/h6,8-9,19,21-25H,3-5,7,10-18,20H2,1-2H3,(H,38,39,40)/t22?,23-/m1/s1. The van der Waals surface area contributed by atoms with Crippen molar-refractivity contribution in [3.63, 3.8) is 0 Å². The van der Waals surface area contributed by atoms with Crippen LogP contribution in [0.5, 0.6) is 0 Å². The maximum atomic E-state index is 16.0. The molecule has 2 fully saturated rings. The number of alkyl halides is 2. The molecular weight excluding hydrogens is 615 g/mol. The van der Waals surface area contributed by atoms with Crippen LogP contribution >= 0.6 is 0 Å². The first kappa shape index (κ1) is 32.9. The molecule has 0 aliphatic carbocycles. The Kier molecular flexibility index (Phi) is 9.49. The number of fused-ring (bicyclic) bond motifs is 9. The van der Waals surface area contributed by atoms with E-state index in [1.54, 1.807) is 17.6 Å². The van der Waals surface area contributed by atoms with E-state index >= 15 is 13.2 Å². The van der Waals surface area contributed by atoms with Gasteiger partial charge in [-0.3, -0.25) is 9.36 Å². The van der Waals surface area contributed by atoms with Crippen molar-refractivity contribution in [3.8, 4) is 0 Å². The van der Waals surface area contributed by atoms with Crippen LogP contribution in [-0.2, 0) is 22.3 Å². The maximum absolute atomic E-state index is 16.0. The fraction of sp³-hybridized carbons (Fsp3) is 0.618. The van der Waals surface area contributed by atoms with Gasteiger partial charge in [0.15, 0.2) is 0 Å². The number of sulfone groups is 1. The van der Waals surface area contributed by atoms with Crippen LogP contribution in [-0.4, -0.2) is 59.0 Å². The Morgan fingerprint density at radius 3 is 2.41 bits per heavy atom. The molecule has 2 atom stereocenters. The van der Waals surface area contributed by atoms with Crippen molar-refractivity contribution < 1.29 is 21.6 Å². The van der Waals surface area contributed by atoms with Crippen molar-refractivity contribution in [3.05, 3.63) is 63.5 Å². The largest absolute Gasteiger partial charge is 0.363 e. The highest BCUT2D eigenvalue weighted by Gasteiger charge is 2.45. The first-order valence-corrected chi connectivity index (χ1v) is 18.5. The molecule has 0 spiro atoms. The second kappa shape index (κ2) is 13.3. The molecule has 6 heterocycles. The molecule has 2 aromatic heterocycles. The van der Waals surface area contributed by atoms with Gasteiger partial charge in [0, 0.05) is 30.1 Å². The first-order chi connectivity index (χ1) is 21.9. The minimum Gasteiger partial charge on any atom is -0.363 e. The highest BCUT2D eigenvalue weighted by atomic mass is 32.2. The van der Waals surface area contributed by atoms with Crippen LogP contribution in [0.25, 0.3) is 11.0 Å². The zero-order valence-electron chi connectivity index (χ0n) is 26.7. The highest BCUT2D eigenvalue weighted by molar-refractivity contribution is 7.91. The SMILES string of the molecule is CC1CCCCCn2c(=O)c(C3CCS(=O)(=O)CC3)cc3c(ncnc32)N[C@H](C)c2cccc(c2F)C(F)(F)C2CCN(CC2)C1. The van der Waals surface area contributed by atoms with Crippen LogP contribution in [0.2, 0.25) is 0 Å². The average molecular weight is 660 g/mol. The van der Waals surface area contributed by atoms with Gasteiger partial charge < -0.3 is 10.2 Å². The molecule has 2 saturated heterocycles. The Morgan fingerprint density at radius 2 is 1.67 bits per heavy atom. The fourth-order valence-electron chi connectivity index (χ4n) is 7.61. The molecule has 0 saturated carbocycles. The molecule has 46 heavy (non-hydrogen) atoms. The molecule has 4 aliphatic heterocycles. The summed E-state index contributed by atoms with van der Waals surface area (Å²) in [5.74, 6) is -4.58. The molecule has 1 aromatic carbocycles. The van der Waals surface area contributed by atoms with Crippen LogP contribution in [0.3, 0.4) is 0 Å². The van der Waals surface area contributed by atoms with E-state index in [0.717, 1.165) is 32.2 Å². The van der Waals surface area contributed by atoms with E-state index in [1.807, 2.05) is 0 Å². The summed E-state index contributed by atoms with van der Waals surface area (Å²) in [4.78, 5) is 25.1. The molecule has 4 aliphatic rings. The number of rotatable bonds is 1. The van der Waals surface area contributed by atoms with E-state index in [4.69, 9.17) is 0 Å². The number of nitrogens with one attached hydrogen (secondary N) is 1. The van der Waals surface area contributed by atoms with Gasteiger partial charge in [-0.15, -0.1) is 0 Å². The van der Waals surface area contributed by atoms with Crippen LogP contribution in [0.15, 0.2) is 35.4 Å². The number of benzene rings is 1. The zero-order chi connectivity index (χ0) is 32.6. The number of hydrogen-bond acceptors (Lipinski definition) is 7. The summed E-state index contributed by atoms with van der Waals surface area (Å²) in [5.41, 5.74) is 0.314. The molecule has 250 valence electrons. The predicted molar refractivity (Wildman–Crippen MR) is 174 cm³/mol. The van der Waals surface area contributed by atoms with Crippen LogP contribution in [0.4, 0.5) is 19.0 Å². The number of aromatic nitrogens is 3. The van der Waals surface area contributed by atoms with Crippen molar-refractivity contribution in [1.29, 1.82) is 0 Å². The van der Waals surface area contributed by atoms with Crippen molar-refractivity contribution in [2.24, 2.45) is 11.8 Å². The molecule has 1 N–H and O–H groups in total. The van der Waals surface area contributed by atoms with E-state index in [9.17, 15) is 13.2 Å². The van der Waals surface area contributed by atoms with Crippen LogP contribution in [0.1, 0.15) is 93.9 Å². The number of piperidine rings is 1. The Bertz CT molecular complexity index is 1730. The van der Waals surface area contributed by atoms with Crippen molar-refractivity contribution in [2.45, 2.75) is 89.6 Å². The zero-order valence-corrected chi connectivity index (χ0v) is 27.5. The topological polar surface area (TPSA) is 97.2 Å². The van der Waals surface area contributed by atoms with Crippen molar-refractivity contribution in [1.82, 2.24) is 19.4 Å². The third-order valence-corrected chi connectivity index (χ3v) is 12.1. The monoisotopic (exact) mass is 659 g/mol. The Balaban J connectivity index is 1.42. The van der Waals surface area contributed by atoms with Gasteiger partial charge in [-0.1, -0.05) is 38.0 Å². The summed E-state index contributed by atoms with van der Waals surface area (Å²) in [6.07, 6.45) is 6.36. The summed E-state index contributed by atoms with van der Waals surface area (Å²) >= 11 is 0. The minimum atomic E-state index is -3.31. The summed E-state index contributed by atoms with van der Waals surface area (Å²) < 4.78 is 73.9. The number of hydrogen-bond donors (Lipinski definition) is 1. The molecular formula is C34H44F3N5O3S. The Hall–Kier alpha value is -2.99. The Morgan fingerprint density at radius 1 is 0.935 bits per heavy atom. The lowest BCUT2D eigenvalue weighted by molar-refractivity contribution is -0.0886. The summed E-state index contributed by atoms with van der Waals surface area (Å²) in [5, 5.41) is 3.79. The fourth-order valence-corrected chi connectivity index (χ4v) is 9.10. The van der Waals surface area contributed by atoms with E-state index < -0.39 is 39.1 Å². The number of pyridine rings is 1. The number of anilines is 1. The normalized spacial score (nSPS) is 27.6. The lowest BCUT2D eigenvalue weighted by atomic mass is 9.85. The van der Waals surface area contributed by atoms with Gasteiger partial charge in [-0.2, -0.15) is 0 Å². The van der Waals surface area contributed by atoms with Crippen LogP contribution in [0, 0.1) is 17.7 Å². The lowest BCUT2D eigenvalue weighted by Crippen LogP contribution is -2.41. The van der Waals surface area contributed by atoms with Gasteiger partial charge in [-0.25, -0.2) is 31.6 Å². The van der Waals surface area contributed by atoms with Gasteiger partial charge in [0.05, 0.1) is 28.5 Å². The highest BCUT2D eigenvalue weighted by Crippen LogP contribution is 2.44. The summed E-state index contributed by atoms with van der Waals surface area (Å²) in [6, 6.07) is 5.21. The van der Waals surface area contributed by atoms with E-state index in [-0.39, 0.29) is 28.5 Å². The molecule has 0 radical (unpaired) electrons. The van der Waals surface area contributed by atoms with Crippen molar-refractivity contribution in [2.75, 3.05) is 36.5 Å². The molecule has 8 nitrogen and oxygen atoms in total. The minimum absolute atomic E-state index is 0.0271. The number of halogens is 3. The van der Waals surface area contributed by atoms with Gasteiger partial charge in [0.25, 0.3) is 11.5 Å². The molecule has 8 bridgehead atoms. The van der Waals surface area contributed by atoms with Gasteiger partial charge in [0.2, 0.25) is 0 Å². The van der Waals surface area contributed by atoms with Gasteiger partial charge in [-0.05, 0) is 76.4 Å². The number of nitrogens with zero attached hydrogens (tertiary/aromatic N) is 4. The van der Waals surface area contributed by atoms with Crippen LogP contribution < -0.4 is 10.9 Å². The van der Waals surface area contributed by atoms with E-state index in [2.05, 4.69) is 27.1 Å². The van der Waals surface area contributed by atoms with Gasteiger partial charge in [0.1, 0.15) is 33.4 Å². The molecule has 1 unspecified atom stereocenters. The summed E-state index contributed by atoms with van der Waals surface area (Å²) in [6.45, 7) is 6.32. The predicted octanol–water partition coefficient (Wildman–Crippen LogP) is 6.41. The molecule has 12 heteroatoms. The van der Waals surface area contributed by atoms with E-state index in [1.165, 1.54) is 24.5 Å². The maximum Gasteiger partial charge on any atom is 0.278 e. The molecule has 7 rings (SSSR count). The van der Waals surface area contributed by atoms with Gasteiger partial charge >= 0.3 is 0 Å². The third kappa shape index (κ3) is 6.70. The third-order valence-electron chi connectivity index (χ3n) is 10.4. The molecule has 0 amide bonds. The first-order valence-electron chi connectivity index (χ1n) is 16.7. The summed E-state index contributed by atoms with van der Waals surface area (Å²) in [7, 11) is -3.13. The van der Waals surface area contributed by atoms with Crippen molar-refractivity contribution >= 4 is 26.7 Å². The quantitative estimate of drug-likeness (QED) is 0.323. The number of aryl methyl sites for hydroxylation is 1. The Labute approximate surface area is 268 Å². The second-order valence-corrected chi connectivity index (χ2v) is 16.0. The average Bonchev–Trinajstić information content (AvgIpc) is 3.02.